The van der Waals surface area contributed by atoms with Crippen molar-refractivity contribution >= 4 is 23.1 Å². The number of nitrogens with zero attached hydrogens (tertiary/aromatic N) is 1. The molecule has 1 saturated heterocycles. The van der Waals surface area contributed by atoms with Gasteiger partial charge >= 0.3 is 0 Å². The van der Waals surface area contributed by atoms with Gasteiger partial charge in [-0.3, -0.25) is 14.5 Å². The Morgan fingerprint density at radius 1 is 0.825 bits per heavy atom. The number of Topliss-reactive ketones (excluding diaryl/α,β-unsaturated/α-hetero) is 1. The number of hydrogen-bond donors (Lipinski definition) is 2. The first-order chi connectivity index (χ1) is 19.0. The van der Waals surface area contributed by atoms with Crippen LogP contribution in [0.3, 0.4) is 0 Å². The first-order valence-electron chi connectivity index (χ1n) is 12.6. The first kappa shape index (κ1) is 28.4. The Hall–Kier alpha value is -4.66. The van der Waals surface area contributed by atoms with Gasteiger partial charge in [-0.2, -0.15) is 0 Å². The maximum Gasteiger partial charge on any atom is 0.300 e. The molecule has 40 heavy (non-hydrogen) atoms. The van der Waals surface area contributed by atoms with Crippen LogP contribution in [0.15, 0.2) is 60.2 Å². The molecule has 0 aromatic heterocycles. The van der Waals surface area contributed by atoms with Gasteiger partial charge in [0.1, 0.15) is 17.3 Å². The normalized spacial score (nSPS) is 16.7. The number of amides is 1. The Balaban J connectivity index is 2.05. The SMILES string of the molecule is COc1ccc(/C(O)=C2\C(=O)C(=O)N(c3ccccc3O)C2c2cc(OC)c(OC)c(OC)c2)cc1C(C)(C)C. The van der Waals surface area contributed by atoms with Crippen molar-refractivity contribution in [3.05, 3.63) is 76.9 Å². The Morgan fingerprint density at radius 2 is 1.43 bits per heavy atom. The fourth-order valence-electron chi connectivity index (χ4n) is 4.92. The quantitative estimate of drug-likeness (QED) is 0.231. The minimum Gasteiger partial charge on any atom is -0.507 e. The standard InChI is InChI=1S/C31H33NO8/c1-31(2,3)19-14-17(12-13-22(19)37-4)27(34)25-26(18-15-23(38-5)29(40-7)24(16-18)39-6)32(30(36)28(25)35)20-10-8-9-11-21(20)33/h8-16,26,33-34H,1-7H3/b27-25+. The van der Waals surface area contributed by atoms with Crippen LogP contribution in [0.5, 0.6) is 28.7 Å². The summed E-state index contributed by atoms with van der Waals surface area (Å²) in [6.45, 7) is 6.01. The molecule has 1 aliphatic rings. The van der Waals surface area contributed by atoms with E-state index in [2.05, 4.69) is 0 Å². The molecule has 9 heteroatoms. The molecule has 3 aromatic carbocycles. The van der Waals surface area contributed by atoms with E-state index in [1.807, 2.05) is 20.8 Å². The van der Waals surface area contributed by atoms with Gasteiger partial charge in [0.2, 0.25) is 5.75 Å². The molecular formula is C31H33NO8. The lowest BCUT2D eigenvalue weighted by Crippen LogP contribution is -2.29. The lowest BCUT2D eigenvalue weighted by atomic mass is 9.84. The average molecular weight is 548 g/mol. The summed E-state index contributed by atoms with van der Waals surface area (Å²) in [4.78, 5) is 28.4. The number of ketones is 1. The number of aliphatic hydroxyl groups is 1. The highest BCUT2D eigenvalue weighted by molar-refractivity contribution is 6.52. The van der Waals surface area contributed by atoms with Gasteiger partial charge in [0.15, 0.2) is 11.5 Å². The molecule has 1 aliphatic heterocycles. The van der Waals surface area contributed by atoms with Crippen molar-refractivity contribution in [2.75, 3.05) is 33.3 Å². The Kier molecular flexibility index (Phi) is 7.68. The van der Waals surface area contributed by atoms with E-state index in [4.69, 9.17) is 18.9 Å². The first-order valence-corrected chi connectivity index (χ1v) is 12.6. The highest BCUT2D eigenvalue weighted by Crippen LogP contribution is 2.48. The Bertz CT molecular complexity index is 1480. The van der Waals surface area contributed by atoms with Crippen molar-refractivity contribution in [2.24, 2.45) is 0 Å². The zero-order chi connectivity index (χ0) is 29.4. The molecule has 0 aliphatic carbocycles. The molecule has 0 saturated carbocycles. The van der Waals surface area contributed by atoms with Crippen molar-refractivity contribution in [3.63, 3.8) is 0 Å². The third-order valence-electron chi connectivity index (χ3n) is 6.87. The summed E-state index contributed by atoms with van der Waals surface area (Å²) in [7, 11) is 5.93. The molecule has 1 unspecified atom stereocenters. The van der Waals surface area contributed by atoms with Gasteiger partial charge in [0, 0.05) is 11.1 Å². The topological polar surface area (TPSA) is 115 Å². The highest BCUT2D eigenvalue weighted by Gasteiger charge is 2.48. The monoisotopic (exact) mass is 547 g/mol. The van der Waals surface area contributed by atoms with E-state index in [1.54, 1.807) is 49.6 Å². The van der Waals surface area contributed by atoms with Crippen molar-refractivity contribution in [3.8, 4) is 28.7 Å². The number of para-hydroxylation sites is 2. The van der Waals surface area contributed by atoms with Crippen LogP contribution in [0.2, 0.25) is 0 Å². The van der Waals surface area contributed by atoms with Crippen LogP contribution in [-0.4, -0.2) is 50.3 Å². The van der Waals surface area contributed by atoms with E-state index in [0.717, 1.165) is 10.5 Å². The fourth-order valence-corrected chi connectivity index (χ4v) is 4.92. The molecule has 0 radical (unpaired) electrons. The van der Waals surface area contributed by atoms with Crippen molar-refractivity contribution < 1.29 is 38.7 Å². The molecule has 1 amide bonds. The molecule has 9 nitrogen and oxygen atoms in total. The number of phenolic OH excluding ortho intramolecular Hbond substituents is 1. The van der Waals surface area contributed by atoms with E-state index in [9.17, 15) is 19.8 Å². The molecule has 3 aromatic rings. The molecule has 0 bridgehead atoms. The van der Waals surface area contributed by atoms with E-state index in [1.165, 1.54) is 33.5 Å². The van der Waals surface area contributed by atoms with Crippen molar-refractivity contribution in [1.82, 2.24) is 0 Å². The second-order valence-corrected chi connectivity index (χ2v) is 10.3. The Morgan fingerprint density at radius 3 is 1.95 bits per heavy atom. The lowest BCUT2D eigenvalue weighted by molar-refractivity contribution is -0.132. The number of carbonyl (C=O) groups is 2. The number of methoxy groups -OCH3 is 4. The number of rotatable bonds is 7. The lowest BCUT2D eigenvalue weighted by Gasteiger charge is -2.27. The van der Waals surface area contributed by atoms with Gasteiger partial charge in [0.25, 0.3) is 11.7 Å². The fraction of sp³-hybridized carbons (Fsp3) is 0.290. The van der Waals surface area contributed by atoms with E-state index in [-0.39, 0.29) is 28.2 Å². The minimum absolute atomic E-state index is 0.104. The number of carbonyl (C=O) groups excluding carboxylic acids is 2. The average Bonchev–Trinajstić information content (AvgIpc) is 3.20. The number of benzene rings is 3. The van der Waals surface area contributed by atoms with Crippen LogP contribution < -0.4 is 23.8 Å². The van der Waals surface area contributed by atoms with Crippen molar-refractivity contribution in [2.45, 2.75) is 32.2 Å². The van der Waals surface area contributed by atoms with Crippen LogP contribution in [0.1, 0.15) is 43.5 Å². The smallest absolute Gasteiger partial charge is 0.300 e. The van der Waals surface area contributed by atoms with Gasteiger partial charge in [-0.25, -0.2) is 0 Å². The molecule has 210 valence electrons. The highest BCUT2D eigenvalue weighted by atomic mass is 16.5. The summed E-state index contributed by atoms with van der Waals surface area (Å²) in [5, 5.41) is 22.4. The molecular weight excluding hydrogens is 514 g/mol. The summed E-state index contributed by atoms with van der Waals surface area (Å²) in [5.74, 6) is -0.875. The predicted octanol–water partition coefficient (Wildman–Crippen LogP) is 5.35. The third-order valence-corrected chi connectivity index (χ3v) is 6.87. The summed E-state index contributed by atoms with van der Waals surface area (Å²) >= 11 is 0. The van der Waals surface area contributed by atoms with Gasteiger partial charge in [-0.05, 0) is 53.4 Å². The van der Waals surface area contributed by atoms with Gasteiger partial charge in [-0.15, -0.1) is 0 Å². The number of ether oxygens (including phenoxy) is 4. The summed E-state index contributed by atoms with van der Waals surface area (Å²) in [6, 6.07) is 13.3. The zero-order valence-corrected chi connectivity index (χ0v) is 23.6. The van der Waals surface area contributed by atoms with Crippen LogP contribution in [-0.2, 0) is 15.0 Å². The van der Waals surface area contributed by atoms with Crippen LogP contribution in [0, 0.1) is 0 Å². The van der Waals surface area contributed by atoms with Gasteiger partial charge in [0.05, 0.1) is 45.7 Å². The number of aliphatic hydroxyl groups excluding tert-OH is 1. The predicted molar refractivity (Wildman–Crippen MR) is 151 cm³/mol. The number of hydrogen-bond acceptors (Lipinski definition) is 8. The summed E-state index contributed by atoms with van der Waals surface area (Å²) in [6.07, 6.45) is 0. The molecule has 0 spiro atoms. The second kappa shape index (κ2) is 10.8. The number of aromatic hydroxyl groups is 1. The van der Waals surface area contributed by atoms with E-state index < -0.39 is 17.7 Å². The van der Waals surface area contributed by atoms with Gasteiger partial charge in [-0.1, -0.05) is 32.9 Å². The van der Waals surface area contributed by atoms with Gasteiger partial charge < -0.3 is 29.2 Å². The minimum atomic E-state index is -1.14. The summed E-state index contributed by atoms with van der Waals surface area (Å²) < 4.78 is 22.0. The maximum atomic E-state index is 13.6. The molecule has 4 rings (SSSR count). The maximum absolute atomic E-state index is 13.6. The number of phenols is 1. The van der Waals surface area contributed by atoms with Crippen LogP contribution in [0.25, 0.3) is 5.76 Å². The van der Waals surface area contributed by atoms with Crippen LogP contribution in [0.4, 0.5) is 5.69 Å². The summed E-state index contributed by atoms with van der Waals surface area (Å²) in [5.41, 5.74) is 1.12. The second-order valence-electron chi connectivity index (χ2n) is 10.3. The van der Waals surface area contributed by atoms with E-state index in [0.29, 0.717) is 34.1 Å². The molecule has 2 N–H and O–H groups in total. The molecule has 1 fully saturated rings. The number of anilines is 1. The zero-order valence-electron chi connectivity index (χ0n) is 23.6. The molecule has 1 heterocycles. The van der Waals surface area contributed by atoms with Crippen LogP contribution >= 0.6 is 0 Å². The largest absolute Gasteiger partial charge is 0.507 e. The molecule has 1 atom stereocenters. The van der Waals surface area contributed by atoms with E-state index >= 15 is 0 Å². The van der Waals surface area contributed by atoms with Crippen molar-refractivity contribution in [1.29, 1.82) is 0 Å². The Labute approximate surface area is 233 Å². The third kappa shape index (κ3) is 4.79.